The summed E-state index contributed by atoms with van der Waals surface area (Å²) in [4.78, 5) is 25.3. The number of hydrogen-bond donors (Lipinski definition) is 2. The molecule has 28 heavy (non-hydrogen) atoms. The van der Waals surface area contributed by atoms with Crippen LogP contribution in [0.2, 0.25) is 0 Å². The lowest BCUT2D eigenvalue weighted by atomic mass is 10.2. The monoisotopic (exact) mass is 362 g/mol. The number of aromatic amines is 2. The van der Waals surface area contributed by atoms with Crippen LogP contribution < -0.4 is 10.7 Å². The van der Waals surface area contributed by atoms with Gasteiger partial charge in [-0.15, -0.1) is 0 Å². The molecule has 2 N–H and O–H groups in total. The van der Waals surface area contributed by atoms with Crippen molar-refractivity contribution in [3.63, 3.8) is 0 Å². The highest BCUT2D eigenvalue weighted by Crippen LogP contribution is 2.30. The van der Waals surface area contributed by atoms with Crippen LogP contribution in [-0.4, -0.2) is 31.4 Å². The molecule has 1 aromatic rings. The third kappa shape index (κ3) is 2.51. The van der Waals surface area contributed by atoms with Gasteiger partial charge >= 0.3 is 0 Å². The van der Waals surface area contributed by atoms with Crippen LogP contribution >= 0.6 is 0 Å². The number of H-pyrrole nitrogens is 2. The van der Waals surface area contributed by atoms with Crippen LogP contribution in [0.15, 0.2) is 70.2 Å². The zero-order valence-electron chi connectivity index (χ0n) is 14.7. The van der Waals surface area contributed by atoms with E-state index in [4.69, 9.17) is 4.98 Å². The predicted molar refractivity (Wildman–Crippen MR) is 111 cm³/mol. The summed E-state index contributed by atoms with van der Waals surface area (Å²) < 4.78 is 0. The molecular formula is C22H14N6. The van der Waals surface area contributed by atoms with Crippen LogP contribution in [-0.2, 0) is 0 Å². The van der Waals surface area contributed by atoms with Crippen molar-refractivity contribution in [2.45, 2.75) is 0 Å². The van der Waals surface area contributed by atoms with Gasteiger partial charge in [0.2, 0.25) is 0 Å². The number of nitrogens with zero attached hydrogens (tertiary/aromatic N) is 4. The first kappa shape index (κ1) is 15.0. The van der Waals surface area contributed by atoms with Gasteiger partial charge in [-0.05, 0) is 60.7 Å². The Morgan fingerprint density at radius 2 is 1.39 bits per heavy atom. The maximum atomic E-state index is 4.79. The van der Waals surface area contributed by atoms with Gasteiger partial charge in [-0.25, -0.2) is 15.0 Å². The molecule has 0 aromatic carbocycles. The maximum Gasteiger partial charge on any atom is 0.114 e. The number of nitrogens with one attached hydrogen (secondary N) is 2. The molecule has 6 nitrogen and oxygen atoms in total. The minimum absolute atomic E-state index is 0.787. The number of aromatic nitrogens is 4. The minimum atomic E-state index is 0.787. The molecule has 8 bridgehead atoms. The number of rotatable bonds is 0. The molecule has 0 saturated carbocycles. The van der Waals surface area contributed by atoms with E-state index in [2.05, 4.69) is 24.9 Å². The van der Waals surface area contributed by atoms with Crippen molar-refractivity contribution in [1.29, 1.82) is 0 Å². The Labute approximate surface area is 159 Å². The Bertz CT molecular complexity index is 1300. The lowest BCUT2D eigenvalue weighted by molar-refractivity contribution is 1.21. The Morgan fingerprint density at radius 1 is 0.714 bits per heavy atom. The second-order valence-corrected chi connectivity index (χ2v) is 6.73. The summed E-state index contributed by atoms with van der Waals surface area (Å²) in [6.07, 6.45) is 19.5. The van der Waals surface area contributed by atoms with Crippen molar-refractivity contribution in [2.75, 3.05) is 0 Å². The van der Waals surface area contributed by atoms with E-state index < -0.39 is 0 Å². The molecule has 132 valence electrons. The van der Waals surface area contributed by atoms with E-state index in [0.717, 1.165) is 56.3 Å². The number of hydrogen-bond acceptors (Lipinski definition) is 4. The molecule has 0 atom stereocenters. The van der Waals surface area contributed by atoms with Gasteiger partial charge in [-0.3, -0.25) is 4.98 Å². The zero-order valence-corrected chi connectivity index (χ0v) is 14.7. The molecule has 0 radical (unpaired) electrons. The molecule has 6 rings (SSSR count). The highest BCUT2D eigenvalue weighted by Gasteiger charge is 2.18. The summed E-state index contributed by atoms with van der Waals surface area (Å²) in [5, 5.41) is 2.00. The third-order valence-electron chi connectivity index (χ3n) is 4.76. The smallest absolute Gasteiger partial charge is 0.114 e. The van der Waals surface area contributed by atoms with Gasteiger partial charge in [0.25, 0.3) is 0 Å². The van der Waals surface area contributed by atoms with Gasteiger partial charge in [0, 0.05) is 23.1 Å². The third-order valence-corrected chi connectivity index (χ3v) is 4.76. The van der Waals surface area contributed by atoms with E-state index in [1.807, 2.05) is 66.9 Å². The first-order valence-corrected chi connectivity index (χ1v) is 8.99. The first-order chi connectivity index (χ1) is 13.8. The summed E-state index contributed by atoms with van der Waals surface area (Å²) in [6.45, 7) is 0. The van der Waals surface area contributed by atoms with Gasteiger partial charge in [-0.2, -0.15) is 0 Å². The number of allylic oxidation sites excluding steroid dienone is 4. The zero-order chi connectivity index (χ0) is 18.5. The molecule has 5 aliphatic heterocycles. The van der Waals surface area contributed by atoms with Crippen molar-refractivity contribution < 1.29 is 0 Å². The van der Waals surface area contributed by atoms with Gasteiger partial charge in [0.1, 0.15) is 5.69 Å². The van der Waals surface area contributed by atoms with Crippen LogP contribution in [0.25, 0.3) is 35.7 Å². The fraction of sp³-hybridized carbons (Fsp3) is 0. The van der Waals surface area contributed by atoms with Gasteiger partial charge < -0.3 is 9.97 Å². The van der Waals surface area contributed by atoms with Crippen molar-refractivity contribution in [1.82, 2.24) is 19.9 Å². The van der Waals surface area contributed by atoms with E-state index in [-0.39, 0.29) is 0 Å². The van der Waals surface area contributed by atoms with Crippen LogP contribution in [0.5, 0.6) is 0 Å². The molecule has 0 saturated heterocycles. The van der Waals surface area contributed by atoms with Crippen molar-refractivity contribution in [3.8, 4) is 11.4 Å². The minimum Gasteiger partial charge on any atom is -0.357 e. The molecule has 5 aliphatic rings. The van der Waals surface area contributed by atoms with Crippen LogP contribution in [0.4, 0.5) is 0 Å². The van der Waals surface area contributed by atoms with Crippen LogP contribution in [0.3, 0.4) is 0 Å². The summed E-state index contributed by atoms with van der Waals surface area (Å²) >= 11 is 0. The highest BCUT2D eigenvalue weighted by molar-refractivity contribution is 6.20. The molecule has 6 heterocycles. The SMILES string of the molecule is C1=CC2=NC1=Cc1nc(c3[nH]ccnc1-3)C=C1C=CC(=N1)C=c1ccc([nH]1)=C2. The second-order valence-electron chi connectivity index (χ2n) is 6.73. The largest absolute Gasteiger partial charge is 0.357 e. The van der Waals surface area contributed by atoms with E-state index >= 15 is 0 Å². The second kappa shape index (κ2) is 5.72. The standard InChI is InChI=1S/C22H14N6/c1-2-14-10-16-4-6-18(27-16)12-20-22-21(23-7-8-24-22)19(28-20)11-17-5-3-15(26-17)9-13(1)25-14/h1-12,23,25H. The number of fused-ring (bicyclic) bond motifs is 9. The summed E-state index contributed by atoms with van der Waals surface area (Å²) in [7, 11) is 0. The van der Waals surface area contributed by atoms with Crippen LogP contribution in [0.1, 0.15) is 11.4 Å². The molecule has 0 aliphatic carbocycles. The first-order valence-electron chi connectivity index (χ1n) is 8.99. The van der Waals surface area contributed by atoms with Crippen molar-refractivity contribution in [2.24, 2.45) is 9.98 Å². The fourth-order valence-corrected chi connectivity index (χ4v) is 3.51. The van der Waals surface area contributed by atoms with Crippen molar-refractivity contribution >= 4 is 35.7 Å². The molecule has 6 heteroatoms. The Balaban J connectivity index is 1.63. The van der Waals surface area contributed by atoms with E-state index in [1.54, 1.807) is 6.20 Å². The Kier molecular flexibility index (Phi) is 3.07. The Hall–Kier alpha value is -4.06. The molecule has 1 aromatic heterocycles. The molecule has 0 spiro atoms. The van der Waals surface area contributed by atoms with Gasteiger partial charge in [-0.1, -0.05) is 0 Å². The van der Waals surface area contributed by atoms with Gasteiger partial charge in [0.05, 0.1) is 39.9 Å². The number of aliphatic imine (C=N–C) groups is 2. The average molecular weight is 362 g/mol. The van der Waals surface area contributed by atoms with Crippen LogP contribution in [0, 0.1) is 0 Å². The Morgan fingerprint density at radius 3 is 2.11 bits per heavy atom. The maximum absolute atomic E-state index is 4.79. The van der Waals surface area contributed by atoms with Gasteiger partial charge in [0.15, 0.2) is 0 Å². The molecule has 0 amide bonds. The molecule has 0 fully saturated rings. The predicted octanol–water partition coefficient (Wildman–Crippen LogP) is 2.22. The van der Waals surface area contributed by atoms with Crippen molar-refractivity contribution in [3.05, 3.63) is 82.3 Å². The normalized spacial score (nSPS) is 17.0. The summed E-state index contributed by atoms with van der Waals surface area (Å²) in [6, 6.07) is 4.08. The molecular weight excluding hydrogens is 348 g/mol. The topological polar surface area (TPSA) is 82.1 Å². The van der Waals surface area contributed by atoms with E-state index in [9.17, 15) is 0 Å². The fourth-order valence-electron chi connectivity index (χ4n) is 3.51. The van der Waals surface area contributed by atoms with E-state index in [0.29, 0.717) is 0 Å². The lowest BCUT2D eigenvalue weighted by Gasteiger charge is -1.98. The lowest BCUT2D eigenvalue weighted by Crippen LogP contribution is -2.12. The average Bonchev–Trinajstić information content (AvgIpc) is 3.47. The summed E-state index contributed by atoms with van der Waals surface area (Å²) in [5.41, 5.74) is 6.79. The molecule has 0 unspecified atom stereocenters. The quantitative estimate of drug-likeness (QED) is 0.643. The van der Waals surface area contributed by atoms with E-state index in [1.165, 1.54) is 0 Å². The summed E-state index contributed by atoms with van der Waals surface area (Å²) in [5.74, 6) is 0. The highest BCUT2D eigenvalue weighted by atomic mass is 14.9.